The van der Waals surface area contributed by atoms with E-state index in [1.165, 1.54) is 55.6 Å². The largest absolute Gasteiger partial charge is 0.0610 e. The van der Waals surface area contributed by atoms with Gasteiger partial charge in [-0.15, -0.1) is 0 Å². The molecule has 5 aromatic carbocycles. The first-order valence-electron chi connectivity index (χ1n) is 10.4. The maximum atomic E-state index is 2.28. The van der Waals surface area contributed by atoms with E-state index < -0.39 is 0 Å². The number of hydrogen-bond donors (Lipinski definition) is 0. The van der Waals surface area contributed by atoms with Crippen molar-refractivity contribution in [3.63, 3.8) is 0 Å². The van der Waals surface area contributed by atoms with E-state index in [9.17, 15) is 0 Å². The Hall–Kier alpha value is -3.90. The van der Waals surface area contributed by atoms with Crippen molar-refractivity contribution in [3.05, 3.63) is 121 Å². The second-order valence-corrected chi connectivity index (χ2v) is 7.89. The van der Waals surface area contributed by atoms with E-state index >= 15 is 0 Å². The average Bonchev–Trinajstić information content (AvgIpc) is 2.84. The highest BCUT2D eigenvalue weighted by Crippen LogP contribution is 2.32. The molecule has 0 aliphatic heterocycles. The van der Waals surface area contributed by atoms with Crippen molar-refractivity contribution in [1.29, 1.82) is 0 Å². The zero-order valence-electron chi connectivity index (χ0n) is 16.5. The maximum absolute atomic E-state index is 2.28. The third-order valence-corrected chi connectivity index (χ3v) is 6.07. The first-order chi connectivity index (χ1) is 14.8. The lowest BCUT2D eigenvalue weighted by Gasteiger charge is -2.08. The van der Waals surface area contributed by atoms with Gasteiger partial charge in [-0.2, -0.15) is 0 Å². The Balaban J connectivity index is 1.57. The summed E-state index contributed by atoms with van der Waals surface area (Å²) < 4.78 is 0. The van der Waals surface area contributed by atoms with Gasteiger partial charge in [0.05, 0.1) is 0 Å². The SMILES string of the molecule is c1cc2cc(c1)-c1ccc(cc1)-c1ccc(cc1)-c1ccc(cc1)-c1ccc-2cc1. The first-order valence-corrected chi connectivity index (χ1v) is 10.4. The molecule has 0 atom stereocenters. The van der Waals surface area contributed by atoms with Crippen LogP contribution < -0.4 is 0 Å². The van der Waals surface area contributed by atoms with E-state index in [2.05, 4.69) is 121 Å². The van der Waals surface area contributed by atoms with Crippen LogP contribution in [-0.2, 0) is 0 Å². The molecule has 0 radical (unpaired) electrons. The normalized spacial score (nSPS) is 11.3. The minimum atomic E-state index is 1.24. The second kappa shape index (κ2) is 6.86. The number of rotatable bonds is 0. The van der Waals surface area contributed by atoms with Gasteiger partial charge < -0.3 is 0 Å². The smallest absolute Gasteiger partial charge is 0.0178 e. The maximum Gasteiger partial charge on any atom is -0.0178 e. The summed E-state index contributed by atoms with van der Waals surface area (Å²) >= 11 is 0. The quantitative estimate of drug-likeness (QED) is 0.248. The molecule has 7 aliphatic carbocycles. The van der Waals surface area contributed by atoms with Crippen LogP contribution in [0, 0.1) is 0 Å². The fraction of sp³-hybridized carbons (Fsp3) is 0. The molecule has 140 valence electrons. The van der Waals surface area contributed by atoms with Crippen LogP contribution in [0.4, 0.5) is 0 Å². The molecule has 0 fully saturated rings. The zero-order chi connectivity index (χ0) is 19.9. The van der Waals surface area contributed by atoms with Crippen LogP contribution in [0.2, 0.25) is 0 Å². The Bertz CT molecular complexity index is 1220. The van der Waals surface area contributed by atoms with Gasteiger partial charge in [0.2, 0.25) is 0 Å². The summed E-state index contributed by atoms with van der Waals surface area (Å²) in [5, 5.41) is 0. The number of hydrogen-bond acceptors (Lipinski definition) is 0. The van der Waals surface area contributed by atoms with Gasteiger partial charge in [-0.1, -0.05) is 115 Å². The lowest BCUT2D eigenvalue weighted by atomic mass is 9.96. The molecular formula is C30H20. The van der Waals surface area contributed by atoms with Gasteiger partial charge in [-0.05, 0) is 61.7 Å². The molecule has 0 N–H and O–H groups in total. The van der Waals surface area contributed by atoms with Gasteiger partial charge in [-0.25, -0.2) is 0 Å². The van der Waals surface area contributed by atoms with Crippen molar-refractivity contribution in [2.45, 2.75) is 0 Å². The monoisotopic (exact) mass is 380 g/mol. The molecular weight excluding hydrogens is 360 g/mol. The highest BCUT2D eigenvalue weighted by Gasteiger charge is 2.06. The van der Waals surface area contributed by atoms with Gasteiger partial charge in [0, 0.05) is 0 Å². The predicted molar refractivity (Wildman–Crippen MR) is 127 cm³/mol. The van der Waals surface area contributed by atoms with Gasteiger partial charge in [0.1, 0.15) is 0 Å². The first kappa shape index (κ1) is 17.0. The van der Waals surface area contributed by atoms with Crippen molar-refractivity contribution in [2.24, 2.45) is 0 Å². The highest BCUT2D eigenvalue weighted by molar-refractivity contribution is 5.78. The standard InChI is InChI=1S/C30H20/c1-2-29-20-30(3-1)28-18-14-26(15-19-28)24-10-6-22(7-11-24)21-4-8-23(9-5-21)25-12-16-27(29)17-13-25/h1-20H. The fourth-order valence-corrected chi connectivity index (χ4v) is 4.30. The average molecular weight is 380 g/mol. The lowest BCUT2D eigenvalue weighted by molar-refractivity contribution is 1.57. The molecule has 0 nitrogen and oxygen atoms in total. The Morgan fingerprint density at radius 2 is 0.400 bits per heavy atom. The van der Waals surface area contributed by atoms with Gasteiger partial charge in [-0.3, -0.25) is 0 Å². The summed E-state index contributed by atoms with van der Waals surface area (Å²) in [7, 11) is 0. The molecule has 0 saturated carbocycles. The van der Waals surface area contributed by atoms with Crippen LogP contribution in [0.15, 0.2) is 121 Å². The zero-order valence-corrected chi connectivity index (χ0v) is 16.5. The van der Waals surface area contributed by atoms with Crippen molar-refractivity contribution in [3.8, 4) is 55.6 Å². The van der Waals surface area contributed by atoms with Crippen LogP contribution in [0.3, 0.4) is 0 Å². The van der Waals surface area contributed by atoms with Crippen LogP contribution in [0.25, 0.3) is 55.6 Å². The summed E-state index contributed by atoms with van der Waals surface area (Å²) in [6.45, 7) is 0. The van der Waals surface area contributed by atoms with E-state index in [-0.39, 0.29) is 0 Å². The van der Waals surface area contributed by atoms with Crippen LogP contribution in [0.1, 0.15) is 0 Å². The Morgan fingerprint density at radius 1 is 0.200 bits per heavy atom. The van der Waals surface area contributed by atoms with E-state index in [1.54, 1.807) is 0 Å². The van der Waals surface area contributed by atoms with Crippen LogP contribution in [0.5, 0.6) is 0 Å². The molecule has 0 heterocycles. The summed E-state index contributed by atoms with van der Waals surface area (Å²) in [6, 6.07) is 44.3. The molecule has 5 aromatic rings. The van der Waals surface area contributed by atoms with Gasteiger partial charge >= 0.3 is 0 Å². The number of benzene rings is 5. The summed E-state index contributed by atoms with van der Waals surface area (Å²) in [5.41, 5.74) is 12.4. The Labute approximate surface area is 177 Å². The van der Waals surface area contributed by atoms with Crippen LogP contribution in [-0.4, -0.2) is 0 Å². The van der Waals surface area contributed by atoms with E-state index in [0.29, 0.717) is 0 Å². The van der Waals surface area contributed by atoms with Crippen molar-refractivity contribution in [2.75, 3.05) is 0 Å². The minimum Gasteiger partial charge on any atom is -0.0610 e. The van der Waals surface area contributed by atoms with Crippen LogP contribution >= 0.6 is 0 Å². The summed E-state index contributed by atoms with van der Waals surface area (Å²) in [5.74, 6) is 0. The van der Waals surface area contributed by atoms with E-state index in [4.69, 9.17) is 0 Å². The van der Waals surface area contributed by atoms with Gasteiger partial charge in [0.15, 0.2) is 0 Å². The summed E-state index contributed by atoms with van der Waals surface area (Å²) in [6.07, 6.45) is 0. The minimum absolute atomic E-state index is 1.24. The molecule has 0 spiro atoms. The third-order valence-electron chi connectivity index (χ3n) is 6.07. The molecule has 0 unspecified atom stereocenters. The molecule has 0 aromatic heterocycles. The lowest BCUT2D eigenvalue weighted by Crippen LogP contribution is -1.83. The molecule has 7 aliphatic rings. The molecule has 10 bridgehead atoms. The second-order valence-electron chi connectivity index (χ2n) is 7.89. The summed E-state index contributed by atoms with van der Waals surface area (Å²) in [4.78, 5) is 0. The highest BCUT2D eigenvalue weighted by atomic mass is 14.1. The van der Waals surface area contributed by atoms with Crippen molar-refractivity contribution >= 4 is 0 Å². The van der Waals surface area contributed by atoms with E-state index in [0.717, 1.165) is 0 Å². The third kappa shape index (κ3) is 2.94. The Kier molecular flexibility index (Phi) is 3.89. The predicted octanol–water partition coefficient (Wildman–Crippen LogP) is 8.34. The topological polar surface area (TPSA) is 0 Å². The molecule has 0 amide bonds. The Morgan fingerprint density at radius 3 is 0.633 bits per heavy atom. The van der Waals surface area contributed by atoms with Gasteiger partial charge in [0.25, 0.3) is 0 Å². The molecule has 0 heteroatoms. The molecule has 0 saturated heterocycles. The van der Waals surface area contributed by atoms with E-state index in [1.807, 2.05) is 0 Å². The molecule has 12 rings (SSSR count). The fourth-order valence-electron chi connectivity index (χ4n) is 4.30. The molecule has 30 heavy (non-hydrogen) atoms. The van der Waals surface area contributed by atoms with Crippen molar-refractivity contribution < 1.29 is 0 Å². The van der Waals surface area contributed by atoms with Crippen molar-refractivity contribution in [1.82, 2.24) is 0 Å².